The number of benzene rings is 3. The number of phenols is 1. The fourth-order valence-corrected chi connectivity index (χ4v) is 3.08. The summed E-state index contributed by atoms with van der Waals surface area (Å²) in [5.41, 5.74) is 3.49. The molecule has 1 N–H and O–H groups in total. The number of halogens is 1. The maximum Gasteiger partial charge on any atom is 0.312 e. The van der Waals surface area contributed by atoms with Crippen molar-refractivity contribution >= 4 is 40.3 Å². The zero-order valence-electron chi connectivity index (χ0n) is 15.2. The van der Waals surface area contributed by atoms with Crippen LogP contribution < -0.4 is 0 Å². The molecule has 8 heteroatoms. The summed E-state index contributed by atoms with van der Waals surface area (Å²) in [5, 5.41) is 21.2. The maximum absolute atomic E-state index is 11.0. The van der Waals surface area contributed by atoms with Crippen LogP contribution in [0.3, 0.4) is 0 Å². The first-order valence-corrected chi connectivity index (χ1v) is 8.97. The zero-order chi connectivity index (χ0) is 20.5. The normalized spacial score (nSPS) is 11.4. The molecule has 0 saturated carbocycles. The van der Waals surface area contributed by atoms with Crippen LogP contribution in [0.4, 0.5) is 11.4 Å². The van der Waals surface area contributed by atoms with Crippen LogP contribution in [0.5, 0.6) is 5.75 Å². The molecule has 0 spiro atoms. The summed E-state index contributed by atoms with van der Waals surface area (Å²) in [6.07, 6.45) is 1.32. The number of rotatable bonds is 4. The van der Waals surface area contributed by atoms with Crippen LogP contribution in [0.25, 0.3) is 22.6 Å². The topological polar surface area (TPSA) is 102 Å². The van der Waals surface area contributed by atoms with Gasteiger partial charge >= 0.3 is 5.69 Å². The van der Waals surface area contributed by atoms with Crippen LogP contribution in [-0.2, 0) is 0 Å². The summed E-state index contributed by atoms with van der Waals surface area (Å²) < 4.78 is 5.83. The lowest BCUT2D eigenvalue weighted by Gasteiger charge is -2.02. The average Bonchev–Trinajstić information content (AvgIpc) is 3.11. The van der Waals surface area contributed by atoms with E-state index in [1.807, 2.05) is 31.2 Å². The Kier molecular flexibility index (Phi) is 4.74. The summed E-state index contributed by atoms with van der Waals surface area (Å²) in [7, 11) is 0. The highest BCUT2D eigenvalue weighted by molar-refractivity contribution is 6.31. The third-order valence-corrected chi connectivity index (χ3v) is 4.49. The molecule has 0 unspecified atom stereocenters. The molecule has 0 atom stereocenters. The molecule has 144 valence electrons. The van der Waals surface area contributed by atoms with Crippen molar-refractivity contribution in [2.24, 2.45) is 4.99 Å². The smallest absolute Gasteiger partial charge is 0.312 e. The Labute approximate surface area is 170 Å². The van der Waals surface area contributed by atoms with Crippen LogP contribution in [0, 0.1) is 17.0 Å². The third-order valence-electron chi connectivity index (χ3n) is 4.27. The van der Waals surface area contributed by atoms with E-state index in [9.17, 15) is 15.2 Å². The summed E-state index contributed by atoms with van der Waals surface area (Å²) >= 11 is 5.90. The second kappa shape index (κ2) is 7.37. The van der Waals surface area contributed by atoms with Gasteiger partial charge in [0.25, 0.3) is 0 Å². The molecule has 0 radical (unpaired) electrons. The van der Waals surface area contributed by atoms with E-state index in [2.05, 4.69) is 9.98 Å². The predicted octanol–water partition coefficient (Wildman–Crippen LogP) is 5.82. The first-order valence-electron chi connectivity index (χ1n) is 8.59. The minimum Gasteiger partial charge on any atom is -0.502 e. The van der Waals surface area contributed by atoms with Crippen LogP contribution >= 0.6 is 11.6 Å². The average molecular weight is 408 g/mol. The van der Waals surface area contributed by atoms with Gasteiger partial charge in [0.2, 0.25) is 11.6 Å². The zero-order valence-corrected chi connectivity index (χ0v) is 15.9. The van der Waals surface area contributed by atoms with Gasteiger partial charge in [0.15, 0.2) is 5.58 Å². The minimum absolute atomic E-state index is 0.131. The maximum atomic E-state index is 11.0. The van der Waals surface area contributed by atoms with Gasteiger partial charge in [0.1, 0.15) is 5.52 Å². The van der Waals surface area contributed by atoms with Crippen molar-refractivity contribution in [1.29, 1.82) is 0 Å². The fraction of sp³-hybridized carbons (Fsp3) is 0.0476. The largest absolute Gasteiger partial charge is 0.502 e. The van der Waals surface area contributed by atoms with E-state index in [1.54, 1.807) is 18.2 Å². The quantitative estimate of drug-likeness (QED) is 0.261. The number of nitrogens with zero attached hydrogens (tertiary/aromatic N) is 3. The summed E-state index contributed by atoms with van der Waals surface area (Å²) in [5.74, 6) is -0.0301. The number of hydrogen-bond donors (Lipinski definition) is 1. The molecule has 4 rings (SSSR count). The monoisotopic (exact) mass is 407 g/mol. The third kappa shape index (κ3) is 3.81. The Morgan fingerprint density at radius 1 is 1.21 bits per heavy atom. The standard InChI is InChI=1S/C21H14ClN3O4/c1-12-5-6-17-19(7-12)29-21(24-17)13-3-2-4-16(9-13)23-11-14-8-15(22)10-18(20(14)26)25(27)28/h2-11,26H,1H3. The number of phenolic OH excluding ortho intramolecular Hbond substituents is 1. The second-order valence-electron chi connectivity index (χ2n) is 6.42. The Hall–Kier alpha value is -3.71. The van der Waals surface area contributed by atoms with E-state index in [0.717, 1.165) is 22.7 Å². The van der Waals surface area contributed by atoms with Crippen LogP contribution in [0.15, 0.2) is 64.0 Å². The van der Waals surface area contributed by atoms with Crippen molar-refractivity contribution < 1.29 is 14.4 Å². The van der Waals surface area contributed by atoms with Crippen molar-refractivity contribution in [3.63, 3.8) is 0 Å². The van der Waals surface area contributed by atoms with E-state index < -0.39 is 16.4 Å². The van der Waals surface area contributed by atoms with Crippen molar-refractivity contribution in [2.45, 2.75) is 6.92 Å². The second-order valence-corrected chi connectivity index (χ2v) is 6.86. The molecule has 1 heterocycles. The van der Waals surface area contributed by atoms with Gasteiger partial charge in [0.05, 0.1) is 10.6 Å². The molecular weight excluding hydrogens is 394 g/mol. The minimum atomic E-state index is -0.700. The van der Waals surface area contributed by atoms with Crippen LogP contribution in [0.1, 0.15) is 11.1 Å². The summed E-state index contributed by atoms with van der Waals surface area (Å²) in [6, 6.07) is 15.4. The number of aliphatic imine (C=N–C) groups is 1. The number of hydrogen-bond acceptors (Lipinski definition) is 6. The van der Waals surface area contributed by atoms with E-state index in [-0.39, 0.29) is 10.6 Å². The molecule has 7 nitrogen and oxygen atoms in total. The van der Waals surface area contributed by atoms with Crippen LogP contribution in [-0.4, -0.2) is 21.2 Å². The predicted molar refractivity (Wildman–Crippen MR) is 111 cm³/mol. The van der Waals surface area contributed by atoms with Crippen molar-refractivity contribution in [1.82, 2.24) is 4.98 Å². The van der Waals surface area contributed by atoms with Crippen LogP contribution in [0.2, 0.25) is 5.02 Å². The van der Waals surface area contributed by atoms with E-state index in [0.29, 0.717) is 17.2 Å². The number of aryl methyl sites for hydroxylation is 1. The molecule has 3 aromatic carbocycles. The highest BCUT2D eigenvalue weighted by atomic mass is 35.5. The lowest BCUT2D eigenvalue weighted by atomic mass is 10.1. The molecule has 0 aliphatic carbocycles. The van der Waals surface area contributed by atoms with E-state index >= 15 is 0 Å². The van der Waals surface area contributed by atoms with Crippen molar-refractivity contribution in [2.75, 3.05) is 0 Å². The number of oxazole rings is 1. The molecule has 0 aliphatic heterocycles. The number of nitro benzene ring substituents is 1. The number of aromatic nitrogens is 1. The molecular formula is C21H14ClN3O4. The molecule has 4 aromatic rings. The Balaban J connectivity index is 1.68. The first kappa shape index (κ1) is 18.6. The molecule has 0 bridgehead atoms. The molecule has 29 heavy (non-hydrogen) atoms. The summed E-state index contributed by atoms with van der Waals surface area (Å²) in [6.45, 7) is 1.98. The highest BCUT2D eigenvalue weighted by Crippen LogP contribution is 2.33. The summed E-state index contributed by atoms with van der Waals surface area (Å²) in [4.78, 5) is 19.1. The van der Waals surface area contributed by atoms with Gasteiger partial charge in [-0.05, 0) is 48.9 Å². The molecule has 0 amide bonds. The van der Waals surface area contributed by atoms with Gasteiger partial charge in [-0.15, -0.1) is 0 Å². The molecule has 1 aromatic heterocycles. The highest BCUT2D eigenvalue weighted by Gasteiger charge is 2.17. The number of aromatic hydroxyl groups is 1. The van der Waals surface area contributed by atoms with Gasteiger partial charge in [-0.2, -0.15) is 0 Å². The van der Waals surface area contributed by atoms with E-state index in [4.69, 9.17) is 16.0 Å². The number of nitro groups is 1. The van der Waals surface area contributed by atoms with Gasteiger partial charge in [-0.3, -0.25) is 15.1 Å². The molecule has 0 saturated heterocycles. The van der Waals surface area contributed by atoms with Gasteiger partial charge in [0, 0.05) is 28.4 Å². The van der Waals surface area contributed by atoms with Gasteiger partial charge in [-0.25, -0.2) is 4.98 Å². The Morgan fingerprint density at radius 2 is 2.03 bits per heavy atom. The Morgan fingerprint density at radius 3 is 2.83 bits per heavy atom. The fourth-order valence-electron chi connectivity index (χ4n) is 2.86. The Bertz CT molecular complexity index is 1280. The SMILES string of the molecule is Cc1ccc2nc(-c3cccc(N=Cc4cc(Cl)cc([N+](=O)[O-])c4O)c3)oc2c1. The molecule has 0 fully saturated rings. The first-order chi connectivity index (χ1) is 13.9. The number of fused-ring (bicyclic) bond motifs is 1. The van der Waals surface area contributed by atoms with Gasteiger partial charge < -0.3 is 9.52 Å². The van der Waals surface area contributed by atoms with E-state index in [1.165, 1.54) is 12.3 Å². The lowest BCUT2D eigenvalue weighted by Crippen LogP contribution is -1.92. The molecule has 0 aliphatic rings. The van der Waals surface area contributed by atoms with Crippen molar-refractivity contribution in [3.05, 3.63) is 80.9 Å². The van der Waals surface area contributed by atoms with Gasteiger partial charge in [-0.1, -0.05) is 23.7 Å². The van der Waals surface area contributed by atoms with Crippen molar-refractivity contribution in [3.8, 4) is 17.2 Å². The lowest BCUT2D eigenvalue weighted by molar-refractivity contribution is -0.385.